The lowest BCUT2D eigenvalue weighted by Crippen LogP contribution is -2.28. The average molecular weight is 519 g/mol. The Morgan fingerprint density at radius 1 is 1.05 bits per heavy atom. The smallest absolute Gasteiger partial charge is 0.338 e. The molecule has 0 atom stereocenters. The molecule has 2 aromatic carbocycles. The number of aromatic nitrogens is 2. The number of ether oxygens (including phenoxy) is 1. The minimum atomic E-state index is -0.493. The van der Waals surface area contributed by atoms with Crippen LogP contribution >= 0.6 is 11.3 Å². The molecule has 0 saturated carbocycles. The zero-order chi connectivity index (χ0) is 26.7. The third kappa shape index (κ3) is 5.75. The first-order valence-electron chi connectivity index (χ1n) is 11.6. The molecule has 190 valence electrons. The molecular weight excluding hydrogens is 492 g/mol. The quantitative estimate of drug-likeness (QED) is 0.347. The van der Waals surface area contributed by atoms with E-state index in [1.807, 2.05) is 31.2 Å². The molecular formula is C27H26N4O5S. The number of hydrogen-bond donors (Lipinski definition) is 2. The number of rotatable bonds is 7. The molecule has 0 spiro atoms. The number of aryl methyl sites for hydroxylation is 2. The van der Waals surface area contributed by atoms with Crippen molar-refractivity contribution in [1.29, 1.82) is 0 Å². The Labute approximate surface area is 217 Å². The Balaban J connectivity index is 1.53. The normalized spacial score (nSPS) is 10.9. The molecule has 10 heteroatoms. The molecule has 4 aromatic rings. The summed E-state index contributed by atoms with van der Waals surface area (Å²) in [7, 11) is 0. The van der Waals surface area contributed by atoms with Crippen LogP contribution in [0.15, 0.2) is 59.7 Å². The number of hydrogen-bond acceptors (Lipinski definition) is 7. The summed E-state index contributed by atoms with van der Waals surface area (Å²) in [5.41, 5.74) is 2.40. The van der Waals surface area contributed by atoms with Gasteiger partial charge in [-0.25, -0.2) is 9.78 Å². The molecule has 2 amide bonds. The Kier molecular flexibility index (Phi) is 7.49. The highest BCUT2D eigenvalue weighted by molar-refractivity contribution is 7.20. The molecule has 2 aromatic heterocycles. The zero-order valence-corrected chi connectivity index (χ0v) is 21.6. The number of nitrogens with one attached hydrogen (secondary N) is 2. The van der Waals surface area contributed by atoms with E-state index in [2.05, 4.69) is 15.6 Å². The van der Waals surface area contributed by atoms with Gasteiger partial charge in [-0.2, -0.15) is 0 Å². The van der Waals surface area contributed by atoms with Gasteiger partial charge in [0.05, 0.1) is 28.3 Å². The molecule has 2 heterocycles. The van der Waals surface area contributed by atoms with E-state index >= 15 is 0 Å². The van der Waals surface area contributed by atoms with Gasteiger partial charge in [0.15, 0.2) is 0 Å². The fourth-order valence-electron chi connectivity index (χ4n) is 3.74. The van der Waals surface area contributed by atoms with Crippen LogP contribution in [0.25, 0.3) is 10.2 Å². The minimum absolute atomic E-state index is 0.269. The van der Waals surface area contributed by atoms with Crippen LogP contribution < -0.4 is 16.2 Å². The van der Waals surface area contributed by atoms with E-state index in [-0.39, 0.29) is 18.6 Å². The molecule has 4 rings (SSSR count). The number of esters is 1. The van der Waals surface area contributed by atoms with Crippen molar-refractivity contribution in [3.8, 4) is 0 Å². The second-order valence-electron chi connectivity index (χ2n) is 8.77. The molecule has 9 nitrogen and oxygen atoms in total. The van der Waals surface area contributed by atoms with Gasteiger partial charge < -0.3 is 15.4 Å². The summed E-state index contributed by atoms with van der Waals surface area (Å²) >= 11 is 1.13. The number of amides is 2. The Hall–Kier alpha value is -4.31. The fraction of sp³-hybridized carbons (Fsp3) is 0.222. The second kappa shape index (κ2) is 10.8. The average Bonchev–Trinajstić information content (AvgIpc) is 3.19. The first-order valence-corrected chi connectivity index (χ1v) is 12.4. The van der Waals surface area contributed by atoms with Crippen molar-refractivity contribution in [3.05, 3.63) is 86.8 Å². The third-order valence-electron chi connectivity index (χ3n) is 5.56. The maximum absolute atomic E-state index is 13.2. The highest BCUT2D eigenvalue weighted by Crippen LogP contribution is 2.28. The molecule has 0 aliphatic carbocycles. The van der Waals surface area contributed by atoms with Crippen molar-refractivity contribution in [2.45, 2.75) is 40.3 Å². The van der Waals surface area contributed by atoms with Crippen LogP contribution in [0.4, 0.5) is 11.4 Å². The monoisotopic (exact) mass is 518 g/mol. The van der Waals surface area contributed by atoms with Gasteiger partial charge in [0, 0.05) is 11.4 Å². The predicted octanol–water partition coefficient (Wildman–Crippen LogP) is 4.53. The van der Waals surface area contributed by atoms with E-state index in [0.717, 1.165) is 16.9 Å². The Bertz CT molecular complexity index is 1570. The molecule has 0 aliphatic rings. The van der Waals surface area contributed by atoms with Gasteiger partial charge in [-0.3, -0.25) is 19.0 Å². The fourth-order valence-corrected chi connectivity index (χ4v) is 4.78. The summed E-state index contributed by atoms with van der Waals surface area (Å²) in [6.07, 6.45) is 1.02. The van der Waals surface area contributed by atoms with Gasteiger partial charge in [0.25, 0.3) is 11.5 Å². The lowest BCUT2D eigenvalue weighted by Gasteiger charge is -2.10. The van der Waals surface area contributed by atoms with Crippen LogP contribution in [-0.4, -0.2) is 33.4 Å². The highest BCUT2D eigenvalue weighted by Gasteiger charge is 2.21. The van der Waals surface area contributed by atoms with Crippen LogP contribution in [0, 0.1) is 13.8 Å². The van der Waals surface area contributed by atoms with E-state index in [1.165, 1.54) is 17.0 Å². The Morgan fingerprint density at radius 3 is 2.54 bits per heavy atom. The number of carbonyl (C=O) groups is 3. The maximum Gasteiger partial charge on any atom is 0.338 e. The molecule has 0 fully saturated rings. The number of fused-ring (bicyclic) bond motifs is 1. The molecule has 37 heavy (non-hydrogen) atoms. The van der Waals surface area contributed by atoms with E-state index in [0.29, 0.717) is 37.6 Å². The van der Waals surface area contributed by atoms with Crippen LogP contribution in [-0.2, 0) is 16.1 Å². The number of benzene rings is 2. The number of nitrogens with zero attached hydrogens (tertiary/aromatic N) is 2. The molecule has 0 unspecified atom stereocenters. The van der Waals surface area contributed by atoms with Gasteiger partial charge >= 0.3 is 5.97 Å². The number of anilines is 2. The lowest BCUT2D eigenvalue weighted by molar-refractivity contribution is -0.116. The van der Waals surface area contributed by atoms with Crippen molar-refractivity contribution >= 4 is 50.7 Å². The van der Waals surface area contributed by atoms with Crippen LogP contribution in [0.1, 0.15) is 45.0 Å². The van der Waals surface area contributed by atoms with E-state index in [9.17, 15) is 19.2 Å². The van der Waals surface area contributed by atoms with Crippen LogP contribution in [0.3, 0.4) is 0 Å². The standard InChI is InChI=1S/C27H26N4O5S/c1-15(2)36-27(35)18-9-7-10-19(12-18)29-21(32)13-31-14-28-25-22(26(31)34)17(4)23(37-25)24(33)30-20-11-6-5-8-16(20)3/h5-12,14-15H,13H2,1-4H3,(H,29,32)(H,30,33). The van der Waals surface area contributed by atoms with Gasteiger partial charge in [-0.1, -0.05) is 24.3 Å². The summed E-state index contributed by atoms with van der Waals surface area (Å²) in [6.45, 7) is 6.80. The summed E-state index contributed by atoms with van der Waals surface area (Å²) in [5.74, 6) is -1.29. The zero-order valence-electron chi connectivity index (χ0n) is 20.8. The summed E-state index contributed by atoms with van der Waals surface area (Å²) in [4.78, 5) is 56.1. The third-order valence-corrected chi connectivity index (χ3v) is 6.75. The first kappa shape index (κ1) is 25.8. The van der Waals surface area contributed by atoms with Crippen molar-refractivity contribution in [2.75, 3.05) is 10.6 Å². The maximum atomic E-state index is 13.2. The van der Waals surface area contributed by atoms with Gasteiger partial charge in [-0.15, -0.1) is 11.3 Å². The van der Waals surface area contributed by atoms with E-state index < -0.39 is 17.4 Å². The molecule has 0 radical (unpaired) electrons. The summed E-state index contributed by atoms with van der Waals surface area (Å²) < 4.78 is 6.38. The van der Waals surface area contributed by atoms with Crippen molar-refractivity contribution in [1.82, 2.24) is 9.55 Å². The first-order chi connectivity index (χ1) is 17.6. The van der Waals surface area contributed by atoms with Crippen LogP contribution in [0.5, 0.6) is 0 Å². The number of para-hydroxylation sites is 1. The number of carbonyl (C=O) groups excluding carboxylic acids is 3. The predicted molar refractivity (Wildman–Crippen MR) is 143 cm³/mol. The SMILES string of the molecule is Cc1ccccc1NC(=O)c1sc2ncn(CC(=O)Nc3cccc(C(=O)OC(C)C)c3)c(=O)c2c1C. The molecule has 0 saturated heterocycles. The molecule has 0 bridgehead atoms. The largest absolute Gasteiger partial charge is 0.459 e. The van der Waals surface area contributed by atoms with E-state index in [1.54, 1.807) is 39.0 Å². The minimum Gasteiger partial charge on any atom is -0.459 e. The topological polar surface area (TPSA) is 119 Å². The van der Waals surface area contributed by atoms with Gasteiger partial charge in [0.2, 0.25) is 5.91 Å². The van der Waals surface area contributed by atoms with Crippen molar-refractivity contribution < 1.29 is 19.1 Å². The molecule has 0 aliphatic heterocycles. The van der Waals surface area contributed by atoms with Crippen molar-refractivity contribution in [3.63, 3.8) is 0 Å². The van der Waals surface area contributed by atoms with Crippen LogP contribution in [0.2, 0.25) is 0 Å². The second-order valence-corrected chi connectivity index (χ2v) is 9.77. The number of thiophene rings is 1. The van der Waals surface area contributed by atoms with Gasteiger partial charge in [0.1, 0.15) is 11.4 Å². The summed E-state index contributed by atoms with van der Waals surface area (Å²) in [6, 6.07) is 13.8. The summed E-state index contributed by atoms with van der Waals surface area (Å²) in [5, 5.41) is 5.87. The lowest BCUT2D eigenvalue weighted by atomic mass is 10.2. The van der Waals surface area contributed by atoms with Gasteiger partial charge in [-0.05, 0) is 63.1 Å². The Morgan fingerprint density at radius 2 is 1.81 bits per heavy atom. The molecule has 2 N–H and O–H groups in total. The van der Waals surface area contributed by atoms with Crippen molar-refractivity contribution in [2.24, 2.45) is 0 Å². The highest BCUT2D eigenvalue weighted by atomic mass is 32.1. The van der Waals surface area contributed by atoms with E-state index in [4.69, 9.17) is 4.74 Å².